The minimum Gasteiger partial charge on any atom is -0.462 e. The van der Waals surface area contributed by atoms with Gasteiger partial charge in [0.1, 0.15) is 11.0 Å². The Balaban J connectivity index is 1.63. The molecule has 0 spiro atoms. The highest BCUT2D eigenvalue weighted by molar-refractivity contribution is 7.98. The van der Waals surface area contributed by atoms with Crippen LogP contribution in [-0.4, -0.2) is 55.0 Å². The van der Waals surface area contributed by atoms with Crippen molar-refractivity contribution in [3.05, 3.63) is 51.9 Å². The zero-order chi connectivity index (χ0) is 25.2. The number of benzene rings is 1. The zero-order valence-corrected chi connectivity index (χ0v) is 21.5. The first-order chi connectivity index (χ1) is 16.9. The fourth-order valence-electron chi connectivity index (χ4n) is 3.79. The molecule has 1 aromatic carbocycles. The molecule has 1 aliphatic rings. The summed E-state index contributed by atoms with van der Waals surface area (Å²) in [5, 5.41) is 5.84. The molecule has 188 valence electrons. The number of amides is 2. The number of hydrogen-bond acceptors (Lipinski definition) is 8. The number of anilines is 1. The topological polar surface area (TPSA) is 111 Å². The fraction of sp³-hybridized carbons (Fsp3) is 0.440. The van der Waals surface area contributed by atoms with Crippen LogP contribution in [0.4, 0.5) is 5.00 Å². The van der Waals surface area contributed by atoms with Gasteiger partial charge in [-0.3, -0.25) is 9.59 Å². The fourth-order valence-corrected chi connectivity index (χ4v) is 5.55. The second kappa shape index (κ2) is 13.3. The lowest BCUT2D eigenvalue weighted by molar-refractivity contribution is -0.149. The van der Waals surface area contributed by atoms with Crippen LogP contribution in [0.2, 0.25) is 0 Å². The number of esters is 2. The largest absolute Gasteiger partial charge is 0.462 e. The summed E-state index contributed by atoms with van der Waals surface area (Å²) >= 11 is 2.91. The standard InChI is InChI=1S/C25H30N2O6S2/c1-3-32-25(31)21-17-11-7-8-12-19(17)35-23(21)27-20(28)15-33-24(30)18(13-14-34-2)26-22(29)16-9-5-4-6-10-16/h4-6,9-10,18H,3,7-8,11-15H2,1-2H3,(H,26,29)(H,27,28)/t18-/m0/s1. The summed E-state index contributed by atoms with van der Waals surface area (Å²) in [7, 11) is 0. The Kier molecular flexibility index (Phi) is 10.2. The van der Waals surface area contributed by atoms with Crippen LogP contribution in [0.1, 0.15) is 57.3 Å². The average Bonchev–Trinajstić information content (AvgIpc) is 3.23. The van der Waals surface area contributed by atoms with Crippen LogP contribution < -0.4 is 10.6 Å². The summed E-state index contributed by atoms with van der Waals surface area (Å²) in [6, 6.07) is 7.70. The molecule has 1 aliphatic carbocycles. The molecule has 0 unspecified atom stereocenters. The Bertz CT molecular complexity index is 1050. The maximum atomic E-state index is 12.7. The van der Waals surface area contributed by atoms with Gasteiger partial charge in [0.2, 0.25) is 0 Å². The van der Waals surface area contributed by atoms with E-state index in [1.807, 2.05) is 6.26 Å². The van der Waals surface area contributed by atoms with E-state index < -0.39 is 30.5 Å². The molecular formula is C25H30N2O6S2. The van der Waals surface area contributed by atoms with Gasteiger partial charge in [-0.15, -0.1) is 11.3 Å². The van der Waals surface area contributed by atoms with Crippen LogP contribution in [0.5, 0.6) is 0 Å². The Morgan fingerprint density at radius 3 is 2.54 bits per heavy atom. The molecule has 2 amide bonds. The summed E-state index contributed by atoms with van der Waals surface area (Å²) in [6.45, 7) is 1.44. The number of carbonyl (C=O) groups excluding carboxylic acids is 4. The molecule has 1 heterocycles. The van der Waals surface area contributed by atoms with Crippen molar-refractivity contribution in [3.63, 3.8) is 0 Å². The van der Waals surface area contributed by atoms with E-state index >= 15 is 0 Å². The molecule has 3 rings (SSSR count). The number of rotatable bonds is 11. The highest BCUT2D eigenvalue weighted by Gasteiger charge is 2.28. The summed E-state index contributed by atoms with van der Waals surface area (Å²) < 4.78 is 10.4. The first-order valence-corrected chi connectivity index (χ1v) is 13.8. The van der Waals surface area contributed by atoms with E-state index in [-0.39, 0.29) is 12.5 Å². The number of nitrogens with one attached hydrogen (secondary N) is 2. The number of thiophene rings is 1. The summed E-state index contributed by atoms with van der Waals surface area (Å²) in [5.41, 5.74) is 1.77. The van der Waals surface area contributed by atoms with E-state index in [9.17, 15) is 19.2 Å². The van der Waals surface area contributed by atoms with Crippen molar-refractivity contribution in [1.29, 1.82) is 0 Å². The van der Waals surface area contributed by atoms with Gasteiger partial charge in [0.15, 0.2) is 6.61 Å². The maximum Gasteiger partial charge on any atom is 0.341 e. The number of hydrogen-bond donors (Lipinski definition) is 2. The van der Waals surface area contributed by atoms with E-state index in [1.165, 1.54) is 23.1 Å². The summed E-state index contributed by atoms with van der Waals surface area (Å²) in [4.78, 5) is 51.5. The number of thioether (sulfide) groups is 1. The smallest absolute Gasteiger partial charge is 0.341 e. The molecule has 1 aromatic heterocycles. The Morgan fingerprint density at radius 1 is 1.09 bits per heavy atom. The normalized spacial score (nSPS) is 13.3. The van der Waals surface area contributed by atoms with Crippen molar-refractivity contribution in [2.45, 2.75) is 45.1 Å². The van der Waals surface area contributed by atoms with Crippen LogP contribution in [0.25, 0.3) is 0 Å². The Hall–Kier alpha value is -2.85. The van der Waals surface area contributed by atoms with Gasteiger partial charge in [-0.2, -0.15) is 11.8 Å². The van der Waals surface area contributed by atoms with Gasteiger partial charge in [0.05, 0.1) is 12.2 Å². The third-order valence-electron chi connectivity index (χ3n) is 5.49. The molecular weight excluding hydrogens is 488 g/mol. The molecule has 0 saturated carbocycles. The van der Waals surface area contributed by atoms with Crippen LogP contribution >= 0.6 is 23.1 Å². The number of carbonyl (C=O) groups is 4. The van der Waals surface area contributed by atoms with E-state index in [0.29, 0.717) is 28.3 Å². The average molecular weight is 519 g/mol. The molecule has 2 aromatic rings. The molecule has 0 saturated heterocycles. The van der Waals surface area contributed by atoms with Crippen molar-refractivity contribution in [3.8, 4) is 0 Å². The van der Waals surface area contributed by atoms with Gasteiger partial charge in [-0.25, -0.2) is 9.59 Å². The van der Waals surface area contributed by atoms with Crippen LogP contribution in [0, 0.1) is 0 Å². The molecule has 0 bridgehead atoms. The highest BCUT2D eigenvalue weighted by atomic mass is 32.2. The SMILES string of the molecule is CCOC(=O)c1c(NC(=O)COC(=O)[C@H](CCSC)NC(=O)c2ccccc2)sc2c1CCCC2. The lowest BCUT2D eigenvalue weighted by atomic mass is 9.95. The Labute approximate surface area is 213 Å². The van der Waals surface area contributed by atoms with Gasteiger partial charge in [-0.1, -0.05) is 18.2 Å². The van der Waals surface area contributed by atoms with Crippen molar-refractivity contribution in [1.82, 2.24) is 5.32 Å². The second-order valence-corrected chi connectivity index (χ2v) is 10.1. The van der Waals surface area contributed by atoms with Crippen LogP contribution in [0.15, 0.2) is 30.3 Å². The van der Waals surface area contributed by atoms with E-state index in [4.69, 9.17) is 9.47 Å². The number of aryl methyl sites for hydroxylation is 1. The third kappa shape index (κ3) is 7.32. The summed E-state index contributed by atoms with van der Waals surface area (Å²) in [5.74, 6) is -1.46. The molecule has 1 atom stereocenters. The third-order valence-corrected chi connectivity index (χ3v) is 7.34. The maximum absolute atomic E-state index is 12.7. The monoisotopic (exact) mass is 518 g/mol. The lowest BCUT2D eigenvalue weighted by Gasteiger charge is -2.17. The van der Waals surface area contributed by atoms with Crippen molar-refractivity contribution in [2.24, 2.45) is 0 Å². The van der Waals surface area contributed by atoms with Crippen LogP contribution in [0.3, 0.4) is 0 Å². The second-order valence-electron chi connectivity index (χ2n) is 7.96. The first kappa shape index (κ1) is 26.7. The minimum absolute atomic E-state index is 0.237. The van der Waals surface area contributed by atoms with Crippen molar-refractivity contribution in [2.75, 3.05) is 30.5 Å². The quantitative estimate of drug-likeness (QED) is 0.435. The minimum atomic E-state index is -0.882. The molecule has 35 heavy (non-hydrogen) atoms. The number of fused-ring (bicyclic) bond motifs is 1. The van der Waals surface area contributed by atoms with Gasteiger partial charge in [0, 0.05) is 10.4 Å². The predicted molar refractivity (Wildman–Crippen MR) is 137 cm³/mol. The Morgan fingerprint density at radius 2 is 1.83 bits per heavy atom. The summed E-state index contributed by atoms with van der Waals surface area (Å²) in [6.07, 6.45) is 5.90. The molecule has 0 fully saturated rings. The molecule has 0 radical (unpaired) electrons. The van der Waals surface area contributed by atoms with Gasteiger partial charge < -0.3 is 20.1 Å². The number of ether oxygens (including phenoxy) is 2. The van der Waals surface area contributed by atoms with E-state index in [0.717, 1.165) is 36.1 Å². The first-order valence-electron chi connectivity index (χ1n) is 11.6. The van der Waals surface area contributed by atoms with E-state index in [1.54, 1.807) is 37.3 Å². The molecule has 10 heteroatoms. The van der Waals surface area contributed by atoms with E-state index in [2.05, 4.69) is 10.6 Å². The molecule has 0 aliphatic heterocycles. The van der Waals surface area contributed by atoms with Crippen molar-refractivity contribution >= 4 is 51.9 Å². The molecule has 2 N–H and O–H groups in total. The predicted octanol–water partition coefficient (Wildman–Crippen LogP) is 3.84. The zero-order valence-electron chi connectivity index (χ0n) is 19.9. The van der Waals surface area contributed by atoms with Crippen LogP contribution in [-0.2, 0) is 31.9 Å². The van der Waals surface area contributed by atoms with Gasteiger partial charge >= 0.3 is 11.9 Å². The molecule has 8 nitrogen and oxygen atoms in total. The van der Waals surface area contributed by atoms with Crippen molar-refractivity contribution < 1.29 is 28.7 Å². The lowest BCUT2D eigenvalue weighted by Crippen LogP contribution is -2.43. The van der Waals surface area contributed by atoms with Gasteiger partial charge in [0.25, 0.3) is 11.8 Å². The van der Waals surface area contributed by atoms with Gasteiger partial charge in [-0.05, 0) is 68.7 Å². The highest BCUT2D eigenvalue weighted by Crippen LogP contribution is 2.38.